The molecule has 1 aliphatic heterocycles. The van der Waals surface area contributed by atoms with Gasteiger partial charge in [0.2, 0.25) is 0 Å². The van der Waals surface area contributed by atoms with E-state index in [4.69, 9.17) is 23.2 Å². The standard InChI is InChI=1S/C14H20Cl2N2/c1-18(10-12-6-2-3-8-17-12)9-11-5-4-7-13(15)14(11)16/h4-5,7,12,17H,2-3,6,8-10H2,1H3. The van der Waals surface area contributed by atoms with E-state index in [2.05, 4.69) is 17.3 Å². The summed E-state index contributed by atoms with van der Waals surface area (Å²) < 4.78 is 0. The average Bonchev–Trinajstić information content (AvgIpc) is 2.36. The van der Waals surface area contributed by atoms with Crippen molar-refractivity contribution in [3.05, 3.63) is 33.8 Å². The zero-order valence-corrected chi connectivity index (χ0v) is 12.3. The van der Waals surface area contributed by atoms with Crippen LogP contribution in [0.3, 0.4) is 0 Å². The SMILES string of the molecule is CN(Cc1cccc(Cl)c1Cl)CC1CCCCN1. The van der Waals surface area contributed by atoms with E-state index >= 15 is 0 Å². The Bertz CT molecular complexity index is 389. The van der Waals surface area contributed by atoms with Gasteiger partial charge in [-0.2, -0.15) is 0 Å². The van der Waals surface area contributed by atoms with Crippen LogP contribution in [0, 0.1) is 0 Å². The highest BCUT2D eigenvalue weighted by Gasteiger charge is 2.15. The fourth-order valence-corrected chi connectivity index (χ4v) is 2.86. The van der Waals surface area contributed by atoms with E-state index in [0.717, 1.165) is 25.2 Å². The van der Waals surface area contributed by atoms with Crippen LogP contribution in [0.5, 0.6) is 0 Å². The van der Waals surface area contributed by atoms with Crippen molar-refractivity contribution in [3.63, 3.8) is 0 Å². The zero-order valence-electron chi connectivity index (χ0n) is 10.8. The summed E-state index contributed by atoms with van der Waals surface area (Å²) in [5.74, 6) is 0. The molecule has 1 aromatic carbocycles. The molecule has 1 N–H and O–H groups in total. The number of benzene rings is 1. The highest BCUT2D eigenvalue weighted by Crippen LogP contribution is 2.26. The van der Waals surface area contributed by atoms with Crippen LogP contribution in [0.25, 0.3) is 0 Å². The molecule has 1 unspecified atom stereocenters. The lowest BCUT2D eigenvalue weighted by Gasteiger charge is -2.28. The summed E-state index contributed by atoms with van der Waals surface area (Å²) >= 11 is 12.2. The Balaban J connectivity index is 1.90. The zero-order chi connectivity index (χ0) is 13.0. The van der Waals surface area contributed by atoms with Crippen molar-refractivity contribution >= 4 is 23.2 Å². The molecule has 0 radical (unpaired) electrons. The van der Waals surface area contributed by atoms with Crippen LogP contribution in [-0.4, -0.2) is 31.1 Å². The van der Waals surface area contributed by atoms with Crippen molar-refractivity contribution in [1.82, 2.24) is 10.2 Å². The summed E-state index contributed by atoms with van der Waals surface area (Å²) in [5.41, 5.74) is 1.10. The summed E-state index contributed by atoms with van der Waals surface area (Å²) in [4.78, 5) is 2.31. The van der Waals surface area contributed by atoms with E-state index in [9.17, 15) is 0 Å². The van der Waals surface area contributed by atoms with E-state index in [-0.39, 0.29) is 0 Å². The molecule has 18 heavy (non-hydrogen) atoms. The van der Waals surface area contributed by atoms with Gasteiger partial charge in [0.05, 0.1) is 10.0 Å². The minimum atomic E-state index is 0.613. The van der Waals surface area contributed by atoms with Crippen molar-refractivity contribution in [2.75, 3.05) is 20.1 Å². The van der Waals surface area contributed by atoms with E-state index in [1.807, 2.05) is 18.2 Å². The number of hydrogen-bond donors (Lipinski definition) is 1. The van der Waals surface area contributed by atoms with Crippen LogP contribution in [0.4, 0.5) is 0 Å². The normalized spacial score (nSPS) is 20.3. The van der Waals surface area contributed by atoms with Crippen LogP contribution in [0.1, 0.15) is 24.8 Å². The number of rotatable bonds is 4. The monoisotopic (exact) mass is 286 g/mol. The van der Waals surface area contributed by atoms with Gasteiger partial charge in [0.25, 0.3) is 0 Å². The summed E-state index contributed by atoms with van der Waals surface area (Å²) in [6.45, 7) is 3.05. The largest absolute Gasteiger partial charge is 0.313 e. The Kier molecular flexibility index (Phi) is 5.31. The summed E-state index contributed by atoms with van der Waals surface area (Å²) in [6, 6.07) is 6.44. The van der Waals surface area contributed by atoms with Gasteiger partial charge in [-0.1, -0.05) is 41.8 Å². The molecule has 0 saturated carbocycles. The molecule has 4 heteroatoms. The van der Waals surface area contributed by atoms with E-state index in [1.54, 1.807) is 0 Å². The third-order valence-corrected chi connectivity index (χ3v) is 4.27. The molecule has 1 aliphatic rings. The van der Waals surface area contributed by atoms with E-state index < -0.39 is 0 Å². The number of nitrogens with one attached hydrogen (secondary N) is 1. The van der Waals surface area contributed by atoms with Gasteiger partial charge in [-0.25, -0.2) is 0 Å². The van der Waals surface area contributed by atoms with Crippen LogP contribution in [-0.2, 0) is 6.54 Å². The van der Waals surface area contributed by atoms with Crippen LogP contribution in [0.15, 0.2) is 18.2 Å². The van der Waals surface area contributed by atoms with Gasteiger partial charge in [-0.05, 0) is 38.1 Å². The van der Waals surface area contributed by atoms with Gasteiger partial charge in [0.15, 0.2) is 0 Å². The predicted molar refractivity (Wildman–Crippen MR) is 78.4 cm³/mol. The molecule has 0 bridgehead atoms. The second kappa shape index (κ2) is 6.76. The summed E-state index contributed by atoms with van der Waals surface area (Å²) in [7, 11) is 2.13. The maximum atomic E-state index is 6.21. The van der Waals surface area contributed by atoms with Gasteiger partial charge in [0, 0.05) is 19.1 Å². The second-order valence-corrected chi connectivity index (χ2v) is 5.84. The first-order valence-corrected chi connectivity index (χ1v) is 7.27. The lowest BCUT2D eigenvalue weighted by molar-refractivity contribution is 0.256. The molecule has 2 nitrogen and oxygen atoms in total. The summed E-state index contributed by atoms with van der Waals surface area (Å²) in [5, 5.41) is 4.88. The molecular formula is C14H20Cl2N2. The fourth-order valence-electron chi connectivity index (χ4n) is 2.48. The van der Waals surface area contributed by atoms with Gasteiger partial charge >= 0.3 is 0 Å². The molecule has 1 aromatic rings. The topological polar surface area (TPSA) is 15.3 Å². The molecule has 1 heterocycles. The van der Waals surface area contributed by atoms with Gasteiger partial charge in [-0.15, -0.1) is 0 Å². The van der Waals surface area contributed by atoms with E-state index in [0.29, 0.717) is 16.1 Å². The van der Waals surface area contributed by atoms with Crippen molar-refractivity contribution in [2.45, 2.75) is 31.8 Å². The van der Waals surface area contributed by atoms with Gasteiger partial charge in [-0.3, -0.25) is 0 Å². The molecule has 2 rings (SSSR count). The molecular weight excluding hydrogens is 267 g/mol. The molecule has 1 saturated heterocycles. The maximum absolute atomic E-state index is 6.21. The third kappa shape index (κ3) is 3.86. The predicted octanol–water partition coefficient (Wildman–Crippen LogP) is 3.57. The average molecular weight is 287 g/mol. The molecule has 0 amide bonds. The van der Waals surface area contributed by atoms with Gasteiger partial charge in [0.1, 0.15) is 0 Å². The van der Waals surface area contributed by atoms with Crippen molar-refractivity contribution in [2.24, 2.45) is 0 Å². The first kappa shape index (κ1) is 14.1. The third-order valence-electron chi connectivity index (χ3n) is 3.42. The molecule has 0 aromatic heterocycles. The Hall–Kier alpha value is -0.280. The highest BCUT2D eigenvalue weighted by atomic mass is 35.5. The smallest absolute Gasteiger partial charge is 0.0637 e. The van der Waals surface area contributed by atoms with Gasteiger partial charge < -0.3 is 10.2 Å². The van der Waals surface area contributed by atoms with Crippen LogP contribution >= 0.6 is 23.2 Å². The molecule has 100 valence electrons. The number of nitrogens with zero attached hydrogens (tertiary/aromatic N) is 1. The number of hydrogen-bond acceptors (Lipinski definition) is 2. The fraction of sp³-hybridized carbons (Fsp3) is 0.571. The maximum Gasteiger partial charge on any atom is 0.0637 e. The molecule has 1 fully saturated rings. The summed E-state index contributed by atoms with van der Waals surface area (Å²) in [6.07, 6.45) is 3.91. The Morgan fingerprint density at radius 3 is 2.89 bits per heavy atom. The van der Waals surface area contributed by atoms with Crippen molar-refractivity contribution < 1.29 is 0 Å². The Morgan fingerprint density at radius 2 is 2.17 bits per heavy atom. The number of piperidine rings is 1. The number of likely N-dealkylation sites (N-methyl/N-ethyl adjacent to an activating group) is 1. The second-order valence-electron chi connectivity index (χ2n) is 5.06. The van der Waals surface area contributed by atoms with Crippen molar-refractivity contribution in [1.29, 1.82) is 0 Å². The highest BCUT2D eigenvalue weighted by molar-refractivity contribution is 6.42. The Labute approximate surface area is 119 Å². The van der Waals surface area contributed by atoms with Crippen LogP contribution in [0.2, 0.25) is 10.0 Å². The molecule has 0 aliphatic carbocycles. The van der Waals surface area contributed by atoms with Crippen LogP contribution < -0.4 is 5.32 Å². The lowest BCUT2D eigenvalue weighted by atomic mass is 10.0. The first-order valence-electron chi connectivity index (χ1n) is 6.51. The molecule has 1 atom stereocenters. The minimum Gasteiger partial charge on any atom is -0.313 e. The lowest BCUT2D eigenvalue weighted by Crippen LogP contribution is -2.42. The van der Waals surface area contributed by atoms with E-state index in [1.165, 1.54) is 19.3 Å². The quantitative estimate of drug-likeness (QED) is 0.910. The first-order chi connectivity index (χ1) is 8.66. The Morgan fingerprint density at radius 1 is 1.33 bits per heavy atom. The molecule has 0 spiro atoms. The number of halogens is 2. The minimum absolute atomic E-state index is 0.613. The van der Waals surface area contributed by atoms with Crippen molar-refractivity contribution in [3.8, 4) is 0 Å².